The SMILES string of the molecule is CN1C(=S)c2cccc3c([N+](=O)[O-])ccc1c23. The summed E-state index contributed by atoms with van der Waals surface area (Å²) >= 11 is 5.32. The summed E-state index contributed by atoms with van der Waals surface area (Å²) in [6.45, 7) is 0. The standard InChI is InChI=1S/C12H8N2O2S/c1-13-10-6-5-9(14(15)16)7-3-2-4-8(11(7)10)12(13)17/h2-6H,1H3. The van der Waals surface area contributed by atoms with E-state index >= 15 is 0 Å². The van der Waals surface area contributed by atoms with Gasteiger partial charge in [0.25, 0.3) is 5.69 Å². The third-order valence-corrected chi connectivity index (χ3v) is 3.58. The highest BCUT2D eigenvalue weighted by atomic mass is 32.1. The molecular formula is C12H8N2O2S. The summed E-state index contributed by atoms with van der Waals surface area (Å²) in [6, 6.07) is 8.76. The fraction of sp³-hybridized carbons (Fsp3) is 0.0833. The number of non-ortho nitro benzene ring substituents is 1. The Balaban J connectivity index is 2.50. The van der Waals surface area contributed by atoms with Gasteiger partial charge in [0.2, 0.25) is 0 Å². The monoisotopic (exact) mass is 244 g/mol. The molecule has 0 aliphatic carbocycles. The van der Waals surface area contributed by atoms with E-state index in [1.54, 1.807) is 18.2 Å². The van der Waals surface area contributed by atoms with Crippen molar-refractivity contribution in [3.63, 3.8) is 0 Å². The second-order valence-electron chi connectivity index (χ2n) is 3.95. The van der Waals surface area contributed by atoms with Gasteiger partial charge in [-0.15, -0.1) is 0 Å². The Kier molecular flexibility index (Phi) is 1.94. The number of benzene rings is 2. The lowest BCUT2D eigenvalue weighted by Gasteiger charge is -2.11. The summed E-state index contributed by atoms with van der Waals surface area (Å²) in [7, 11) is 1.88. The van der Waals surface area contributed by atoms with E-state index in [0.29, 0.717) is 10.4 Å². The zero-order valence-electron chi connectivity index (χ0n) is 9.01. The van der Waals surface area contributed by atoms with Crippen molar-refractivity contribution in [3.8, 4) is 0 Å². The zero-order valence-corrected chi connectivity index (χ0v) is 9.82. The molecule has 0 aromatic heterocycles. The van der Waals surface area contributed by atoms with Crippen LogP contribution in [0.4, 0.5) is 11.4 Å². The van der Waals surface area contributed by atoms with Gasteiger partial charge in [0.15, 0.2) is 0 Å². The Morgan fingerprint density at radius 2 is 2.06 bits per heavy atom. The lowest BCUT2D eigenvalue weighted by atomic mass is 10.0. The van der Waals surface area contributed by atoms with Crippen LogP contribution in [0, 0.1) is 10.1 Å². The Morgan fingerprint density at radius 3 is 2.76 bits per heavy atom. The van der Waals surface area contributed by atoms with E-state index < -0.39 is 0 Å². The molecule has 17 heavy (non-hydrogen) atoms. The van der Waals surface area contributed by atoms with Gasteiger partial charge >= 0.3 is 0 Å². The number of anilines is 1. The van der Waals surface area contributed by atoms with E-state index in [4.69, 9.17) is 12.2 Å². The third kappa shape index (κ3) is 1.20. The van der Waals surface area contributed by atoms with Crippen LogP contribution in [0.1, 0.15) is 5.56 Å². The summed E-state index contributed by atoms with van der Waals surface area (Å²) < 4.78 is 0. The molecule has 0 unspecified atom stereocenters. The summed E-state index contributed by atoms with van der Waals surface area (Å²) in [6.07, 6.45) is 0. The summed E-state index contributed by atoms with van der Waals surface area (Å²) in [5, 5.41) is 12.5. The molecule has 2 aromatic rings. The lowest BCUT2D eigenvalue weighted by Crippen LogP contribution is -2.19. The van der Waals surface area contributed by atoms with Crippen LogP contribution in [-0.2, 0) is 0 Å². The molecule has 1 aliphatic heterocycles. The van der Waals surface area contributed by atoms with Crippen LogP contribution in [0.25, 0.3) is 10.8 Å². The maximum Gasteiger partial charge on any atom is 0.277 e. The average molecular weight is 244 g/mol. The summed E-state index contributed by atoms with van der Waals surface area (Å²) in [5.41, 5.74) is 1.97. The molecule has 1 heterocycles. The van der Waals surface area contributed by atoms with Gasteiger partial charge in [-0.05, 0) is 12.1 Å². The number of rotatable bonds is 1. The molecule has 3 rings (SSSR count). The molecule has 5 heteroatoms. The number of nitrogens with zero attached hydrogens (tertiary/aromatic N) is 2. The first-order valence-corrected chi connectivity index (χ1v) is 5.50. The van der Waals surface area contributed by atoms with Crippen LogP contribution in [-0.4, -0.2) is 17.0 Å². The first-order chi connectivity index (χ1) is 8.11. The van der Waals surface area contributed by atoms with E-state index in [2.05, 4.69) is 0 Å². The molecule has 0 amide bonds. The number of nitro benzene ring substituents is 1. The fourth-order valence-corrected chi connectivity index (χ4v) is 2.55. The molecule has 0 saturated carbocycles. The summed E-state index contributed by atoms with van der Waals surface area (Å²) in [5.74, 6) is 0. The molecule has 0 spiro atoms. The van der Waals surface area contributed by atoms with Gasteiger partial charge in [-0.25, -0.2) is 0 Å². The minimum absolute atomic E-state index is 0.128. The molecule has 84 valence electrons. The Bertz CT molecular complexity index is 682. The second kappa shape index (κ2) is 3.24. The third-order valence-electron chi connectivity index (χ3n) is 3.09. The van der Waals surface area contributed by atoms with Gasteiger partial charge in [-0.2, -0.15) is 0 Å². The fourth-order valence-electron chi connectivity index (χ4n) is 2.28. The Labute approximate surface area is 103 Å². The molecule has 0 saturated heterocycles. The van der Waals surface area contributed by atoms with Crippen LogP contribution >= 0.6 is 12.2 Å². The van der Waals surface area contributed by atoms with Crippen molar-refractivity contribution in [2.45, 2.75) is 0 Å². The summed E-state index contributed by atoms with van der Waals surface area (Å²) in [4.78, 5) is 13.2. The van der Waals surface area contributed by atoms with Gasteiger partial charge in [0.05, 0.1) is 16.0 Å². The molecule has 4 nitrogen and oxygen atoms in total. The largest absolute Gasteiger partial charge is 0.335 e. The van der Waals surface area contributed by atoms with E-state index in [1.165, 1.54) is 6.07 Å². The Morgan fingerprint density at radius 1 is 1.29 bits per heavy atom. The highest BCUT2D eigenvalue weighted by Crippen LogP contribution is 2.40. The highest BCUT2D eigenvalue weighted by molar-refractivity contribution is 7.81. The van der Waals surface area contributed by atoms with Crippen molar-refractivity contribution < 1.29 is 4.92 Å². The minimum Gasteiger partial charge on any atom is -0.335 e. The predicted octanol–water partition coefficient (Wildman–Crippen LogP) is 2.87. The molecule has 0 fully saturated rings. The van der Waals surface area contributed by atoms with Crippen molar-refractivity contribution in [3.05, 3.63) is 46.0 Å². The van der Waals surface area contributed by atoms with Gasteiger partial charge in [0.1, 0.15) is 4.99 Å². The Hall–Kier alpha value is -2.01. The van der Waals surface area contributed by atoms with Gasteiger partial charge in [-0.3, -0.25) is 10.1 Å². The van der Waals surface area contributed by atoms with Crippen molar-refractivity contribution in [1.29, 1.82) is 0 Å². The van der Waals surface area contributed by atoms with Crippen LogP contribution in [0.2, 0.25) is 0 Å². The van der Waals surface area contributed by atoms with Crippen LogP contribution in [0.3, 0.4) is 0 Å². The van der Waals surface area contributed by atoms with E-state index in [9.17, 15) is 10.1 Å². The number of nitro groups is 1. The highest BCUT2D eigenvalue weighted by Gasteiger charge is 2.27. The first-order valence-electron chi connectivity index (χ1n) is 5.09. The second-order valence-corrected chi connectivity index (χ2v) is 4.34. The molecule has 0 radical (unpaired) electrons. The van der Waals surface area contributed by atoms with E-state index in [1.807, 2.05) is 18.0 Å². The minimum atomic E-state index is -0.357. The first kappa shape index (κ1) is 10.2. The maximum absolute atomic E-state index is 11.0. The van der Waals surface area contributed by atoms with Crippen molar-refractivity contribution >= 4 is 39.4 Å². The predicted molar refractivity (Wildman–Crippen MR) is 70.7 cm³/mol. The smallest absolute Gasteiger partial charge is 0.277 e. The number of thiocarbonyl (C=S) groups is 1. The molecule has 2 aromatic carbocycles. The molecule has 0 N–H and O–H groups in total. The zero-order chi connectivity index (χ0) is 12.2. The number of hydrogen-bond acceptors (Lipinski definition) is 3. The van der Waals surface area contributed by atoms with Crippen molar-refractivity contribution in [1.82, 2.24) is 0 Å². The molecule has 0 atom stereocenters. The maximum atomic E-state index is 11.0. The topological polar surface area (TPSA) is 46.4 Å². The van der Waals surface area contributed by atoms with E-state index in [-0.39, 0.29) is 10.6 Å². The van der Waals surface area contributed by atoms with Crippen LogP contribution < -0.4 is 4.90 Å². The average Bonchev–Trinajstić information content (AvgIpc) is 2.57. The normalized spacial score (nSPS) is 13.5. The van der Waals surface area contributed by atoms with Crippen LogP contribution in [0.5, 0.6) is 0 Å². The van der Waals surface area contributed by atoms with Gasteiger partial charge in [0, 0.05) is 24.1 Å². The van der Waals surface area contributed by atoms with Crippen molar-refractivity contribution in [2.75, 3.05) is 11.9 Å². The molecule has 0 bridgehead atoms. The van der Waals surface area contributed by atoms with Gasteiger partial charge < -0.3 is 4.90 Å². The van der Waals surface area contributed by atoms with Gasteiger partial charge in [-0.1, -0.05) is 24.4 Å². The van der Waals surface area contributed by atoms with Crippen molar-refractivity contribution in [2.24, 2.45) is 0 Å². The number of hydrogen-bond donors (Lipinski definition) is 0. The van der Waals surface area contributed by atoms with E-state index in [0.717, 1.165) is 16.6 Å². The van der Waals surface area contributed by atoms with Crippen LogP contribution in [0.15, 0.2) is 30.3 Å². The molecule has 1 aliphatic rings. The quantitative estimate of drug-likeness (QED) is 0.439. The molecular weight excluding hydrogens is 236 g/mol. The lowest BCUT2D eigenvalue weighted by molar-refractivity contribution is -0.383.